The fourth-order valence-electron chi connectivity index (χ4n) is 2.63. The number of nitrogens with zero attached hydrogens (tertiary/aromatic N) is 2. The number of aliphatic imine (C=N–C) groups is 1. The molecule has 3 rings (SSSR count). The monoisotopic (exact) mass is 268 g/mol. The van der Waals surface area contributed by atoms with Gasteiger partial charge >= 0.3 is 0 Å². The van der Waals surface area contributed by atoms with Crippen LogP contribution in [0.25, 0.3) is 10.8 Å². The molecule has 2 aromatic rings. The second-order valence-electron chi connectivity index (χ2n) is 5.15. The highest BCUT2D eigenvalue weighted by Crippen LogP contribution is 2.25. The number of fused-ring (bicyclic) bond motifs is 1. The first-order chi connectivity index (χ1) is 9.83. The van der Waals surface area contributed by atoms with Gasteiger partial charge in [-0.3, -0.25) is 5.43 Å². The summed E-state index contributed by atoms with van der Waals surface area (Å²) in [5, 5.41) is 4.45. The molecular formula is C16H20N4. The van der Waals surface area contributed by atoms with E-state index in [0.717, 1.165) is 24.2 Å². The minimum atomic E-state index is 0.461. The summed E-state index contributed by atoms with van der Waals surface area (Å²) in [5.74, 6) is 0.461. The number of guanidine groups is 1. The van der Waals surface area contributed by atoms with Gasteiger partial charge in [-0.1, -0.05) is 42.8 Å². The minimum absolute atomic E-state index is 0.461. The van der Waals surface area contributed by atoms with Gasteiger partial charge in [-0.15, -0.1) is 0 Å². The lowest BCUT2D eigenvalue weighted by molar-refractivity contribution is 0.193. The Balaban J connectivity index is 1.81. The second-order valence-corrected chi connectivity index (χ2v) is 5.15. The second kappa shape index (κ2) is 5.92. The summed E-state index contributed by atoms with van der Waals surface area (Å²) in [6, 6.07) is 14.3. The number of hydrogen-bond donors (Lipinski definition) is 2. The largest absolute Gasteiger partial charge is 0.369 e. The number of hydrazine groups is 1. The first kappa shape index (κ1) is 12.9. The van der Waals surface area contributed by atoms with Crippen LogP contribution in [0, 0.1) is 0 Å². The van der Waals surface area contributed by atoms with E-state index in [-0.39, 0.29) is 0 Å². The van der Waals surface area contributed by atoms with Crippen LogP contribution in [-0.2, 0) is 0 Å². The van der Waals surface area contributed by atoms with E-state index in [4.69, 9.17) is 5.73 Å². The first-order valence-electron chi connectivity index (χ1n) is 7.16. The first-order valence-corrected chi connectivity index (χ1v) is 7.16. The third-order valence-electron chi connectivity index (χ3n) is 3.64. The van der Waals surface area contributed by atoms with Gasteiger partial charge in [0.25, 0.3) is 0 Å². The molecule has 1 fully saturated rings. The highest BCUT2D eigenvalue weighted by atomic mass is 15.5. The third kappa shape index (κ3) is 2.91. The van der Waals surface area contributed by atoms with E-state index >= 15 is 0 Å². The summed E-state index contributed by atoms with van der Waals surface area (Å²) in [6.45, 7) is 2.07. The van der Waals surface area contributed by atoms with Crippen molar-refractivity contribution < 1.29 is 0 Å². The van der Waals surface area contributed by atoms with E-state index in [1.54, 1.807) is 0 Å². The predicted molar refractivity (Wildman–Crippen MR) is 83.8 cm³/mol. The fourth-order valence-corrected chi connectivity index (χ4v) is 2.63. The average molecular weight is 268 g/mol. The van der Waals surface area contributed by atoms with Crippen LogP contribution in [0.15, 0.2) is 47.5 Å². The van der Waals surface area contributed by atoms with Gasteiger partial charge in [-0.25, -0.2) is 10.0 Å². The van der Waals surface area contributed by atoms with E-state index < -0.39 is 0 Å². The maximum absolute atomic E-state index is 6.02. The van der Waals surface area contributed by atoms with E-state index in [1.807, 2.05) is 24.3 Å². The predicted octanol–water partition coefficient (Wildman–Crippen LogP) is 2.78. The number of nitrogens with two attached hydrogens (primary N) is 1. The zero-order chi connectivity index (χ0) is 13.8. The molecule has 1 saturated heterocycles. The molecule has 0 unspecified atom stereocenters. The van der Waals surface area contributed by atoms with Crippen molar-refractivity contribution in [3.8, 4) is 0 Å². The molecule has 1 aliphatic rings. The molecule has 2 aromatic carbocycles. The van der Waals surface area contributed by atoms with Crippen LogP contribution in [0.4, 0.5) is 5.69 Å². The lowest BCUT2D eigenvalue weighted by Crippen LogP contribution is -2.48. The molecule has 1 aliphatic heterocycles. The molecule has 0 atom stereocenters. The van der Waals surface area contributed by atoms with Crippen LogP contribution in [-0.4, -0.2) is 24.1 Å². The lowest BCUT2D eigenvalue weighted by atomic mass is 10.1. The number of hydrogen-bond acceptors (Lipinski definition) is 2. The number of rotatable bonds is 2. The molecule has 20 heavy (non-hydrogen) atoms. The molecule has 0 aromatic heterocycles. The van der Waals surface area contributed by atoms with Crippen LogP contribution in [0.1, 0.15) is 19.3 Å². The highest BCUT2D eigenvalue weighted by molar-refractivity contribution is 5.95. The summed E-state index contributed by atoms with van der Waals surface area (Å²) in [7, 11) is 0. The number of piperidine rings is 1. The quantitative estimate of drug-likeness (QED) is 0.650. The van der Waals surface area contributed by atoms with Crippen LogP contribution < -0.4 is 11.2 Å². The van der Waals surface area contributed by atoms with Crippen molar-refractivity contribution >= 4 is 22.4 Å². The van der Waals surface area contributed by atoms with Crippen molar-refractivity contribution in [2.45, 2.75) is 19.3 Å². The zero-order valence-corrected chi connectivity index (χ0v) is 11.5. The Bertz CT molecular complexity index is 609. The van der Waals surface area contributed by atoms with Gasteiger partial charge in [0.2, 0.25) is 5.96 Å². The van der Waals surface area contributed by atoms with Gasteiger partial charge < -0.3 is 5.73 Å². The zero-order valence-electron chi connectivity index (χ0n) is 11.5. The molecule has 4 nitrogen and oxygen atoms in total. The molecule has 0 spiro atoms. The van der Waals surface area contributed by atoms with E-state index in [0.29, 0.717) is 5.96 Å². The Labute approximate surface area is 119 Å². The molecule has 0 bridgehead atoms. The molecule has 104 valence electrons. The topological polar surface area (TPSA) is 53.6 Å². The SMILES string of the molecule is NC(=Nc1cccc2ccccc12)NN1CCCCC1. The van der Waals surface area contributed by atoms with Crippen molar-refractivity contribution in [3.63, 3.8) is 0 Å². The van der Waals surface area contributed by atoms with Gasteiger partial charge in [0.15, 0.2) is 0 Å². The third-order valence-corrected chi connectivity index (χ3v) is 3.64. The Morgan fingerprint density at radius 2 is 1.75 bits per heavy atom. The van der Waals surface area contributed by atoms with Crippen LogP contribution in [0.5, 0.6) is 0 Å². The standard InChI is InChI=1S/C16H20N4/c17-16(19-20-11-4-1-5-12-20)18-15-10-6-8-13-7-2-3-9-14(13)15/h2-3,6-10H,1,4-5,11-12H2,(H3,17,18,19). The van der Waals surface area contributed by atoms with Gasteiger partial charge in [-0.05, 0) is 24.3 Å². The normalized spacial score (nSPS) is 17.3. The van der Waals surface area contributed by atoms with Crippen molar-refractivity contribution in [1.82, 2.24) is 10.4 Å². The smallest absolute Gasteiger partial charge is 0.208 e. The minimum Gasteiger partial charge on any atom is -0.369 e. The fraction of sp³-hybridized carbons (Fsp3) is 0.312. The Kier molecular flexibility index (Phi) is 3.83. The maximum atomic E-state index is 6.02. The average Bonchev–Trinajstić information content (AvgIpc) is 2.48. The molecule has 0 saturated carbocycles. The van der Waals surface area contributed by atoms with E-state index in [1.165, 1.54) is 24.6 Å². The highest BCUT2D eigenvalue weighted by Gasteiger charge is 2.10. The molecule has 0 radical (unpaired) electrons. The van der Waals surface area contributed by atoms with Crippen LogP contribution in [0.3, 0.4) is 0 Å². The summed E-state index contributed by atoms with van der Waals surface area (Å²) in [5.41, 5.74) is 10.1. The maximum Gasteiger partial charge on any atom is 0.208 e. The summed E-state index contributed by atoms with van der Waals surface area (Å²) < 4.78 is 0. The van der Waals surface area contributed by atoms with Gasteiger partial charge in [0.1, 0.15) is 0 Å². The lowest BCUT2D eigenvalue weighted by Gasteiger charge is -2.27. The van der Waals surface area contributed by atoms with Crippen molar-refractivity contribution in [2.24, 2.45) is 10.7 Å². The Hall–Kier alpha value is -2.07. The van der Waals surface area contributed by atoms with E-state index in [9.17, 15) is 0 Å². The van der Waals surface area contributed by atoms with Crippen molar-refractivity contribution in [1.29, 1.82) is 0 Å². The summed E-state index contributed by atoms with van der Waals surface area (Å²) in [4.78, 5) is 4.52. The van der Waals surface area contributed by atoms with Crippen LogP contribution in [0.2, 0.25) is 0 Å². The van der Waals surface area contributed by atoms with Gasteiger partial charge in [0, 0.05) is 18.5 Å². The molecule has 1 heterocycles. The molecule has 3 N–H and O–H groups in total. The Morgan fingerprint density at radius 3 is 2.60 bits per heavy atom. The summed E-state index contributed by atoms with van der Waals surface area (Å²) in [6.07, 6.45) is 3.74. The van der Waals surface area contributed by atoms with Crippen LogP contribution >= 0.6 is 0 Å². The molecular weight excluding hydrogens is 248 g/mol. The van der Waals surface area contributed by atoms with E-state index in [2.05, 4.69) is 33.6 Å². The van der Waals surface area contributed by atoms with Gasteiger partial charge in [0.05, 0.1) is 5.69 Å². The summed E-state index contributed by atoms with van der Waals surface area (Å²) >= 11 is 0. The number of nitrogens with one attached hydrogen (secondary N) is 1. The molecule has 0 amide bonds. The van der Waals surface area contributed by atoms with Crippen molar-refractivity contribution in [2.75, 3.05) is 13.1 Å². The Morgan fingerprint density at radius 1 is 1.00 bits per heavy atom. The van der Waals surface area contributed by atoms with Gasteiger partial charge in [-0.2, -0.15) is 0 Å². The molecule has 0 aliphatic carbocycles. The molecule has 4 heteroatoms. The van der Waals surface area contributed by atoms with Crippen molar-refractivity contribution in [3.05, 3.63) is 42.5 Å². The number of benzene rings is 2.